The molecule has 2 aromatic rings. The van der Waals surface area contributed by atoms with Crippen LogP contribution >= 0.6 is 11.6 Å². The fraction of sp³-hybridized carbons (Fsp3) is 0.435. The summed E-state index contributed by atoms with van der Waals surface area (Å²) in [6.45, 7) is 1.66. The lowest BCUT2D eigenvalue weighted by molar-refractivity contribution is -0.125. The Kier molecular flexibility index (Phi) is 6.37. The molecule has 4 nitrogen and oxygen atoms in total. The van der Waals surface area contributed by atoms with E-state index in [1.54, 1.807) is 4.90 Å². The Morgan fingerprint density at radius 1 is 1.03 bits per heavy atom. The molecule has 1 atom stereocenters. The van der Waals surface area contributed by atoms with Crippen LogP contribution in [0.15, 0.2) is 36.4 Å². The fourth-order valence-electron chi connectivity index (χ4n) is 4.50. The van der Waals surface area contributed by atoms with Gasteiger partial charge in [-0.25, -0.2) is 8.78 Å². The number of nitrogens with zero attached hydrogens (tertiary/aromatic N) is 2. The molecule has 160 valence electrons. The van der Waals surface area contributed by atoms with Crippen LogP contribution in [0.25, 0.3) is 0 Å². The minimum absolute atomic E-state index is 0.103. The first kappa shape index (κ1) is 21.2. The second-order valence-corrected chi connectivity index (χ2v) is 8.54. The summed E-state index contributed by atoms with van der Waals surface area (Å²) in [5, 5.41) is 11.2. The monoisotopic (exact) mass is 434 g/mol. The number of aliphatic hydroxyl groups is 1. The van der Waals surface area contributed by atoms with Gasteiger partial charge in [-0.15, -0.1) is 0 Å². The molecular weight excluding hydrogens is 410 g/mol. The van der Waals surface area contributed by atoms with Gasteiger partial charge in [-0.2, -0.15) is 0 Å². The van der Waals surface area contributed by atoms with Crippen LogP contribution in [0.1, 0.15) is 43.0 Å². The lowest BCUT2D eigenvalue weighted by atomic mass is 9.94. The highest BCUT2D eigenvalue weighted by Crippen LogP contribution is 2.33. The van der Waals surface area contributed by atoms with E-state index in [1.165, 1.54) is 0 Å². The fourth-order valence-corrected chi connectivity index (χ4v) is 4.69. The summed E-state index contributed by atoms with van der Waals surface area (Å²) < 4.78 is 27.0. The van der Waals surface area contributed by atoms with Crippen LogP contribution in [-0.4, -0.2) is 35.5 Å². The molecule has 7 heteroatoms. The molecule has 4 rings (SSSR count). The van der Waals surface area contributed by atoms with E-state index in [2.05, 4.69) is 0 Å². The lowest BCUT2D eigenvalue weighted by Crippen LogP contribution is -2.44. The van der Waals surface area contributed by atoms with Gasteiger partial charge in [0.25, 0.3) is 0 Å². The highest BCUT2D eigenvalue weighted by Gasteiger charge is 2.33. The molecule has 2 aliphatic heterocycles. The molecule has 30 heavy (non-hydrogen) atoms. The molecule has 0 spiro atoms. The second-order valence-electron chi connectivity index (χ2n) is 8.11. The van der Waals surface area contributed by atoms with Crippen molar-refractivity contribution in [3.05, 3.63) is 64.2 Å². The number of aliphatic hydroxyl groups excluding tert-OH is 1. The molecule has 0 saturated carbocycles. The average molecular weight is 435 g/mol. The van der Waals surface area contributed by atoms with E-state index in [4.69, 9.17) is 11.6 Å². The first-order valence-corrected chi connectivity index (χ1v) is 10.8. The van der Waals surface area contributed by atoms with Gasteiger partial charge in [0.1, 0.15) is 17.9 Å². The van der Waals surface area contributed by atoms with E-state index in [0.29, 0.717) is 37.5 Å². The van der Waals surface area contributed by atoms with Gasteiger partial charge in [-0.3, -0.25) is 9.69 Å². The number of carbonyl (C=O) groups excluding carboxylic acids is 1. The average Bonchev–Trinajstić information content (AvgIpc) is 2.94. The number of anilines is 1. The zero-order chi connectivity index (χ0) is 21.3. The third kappa shape index (κ3) is 4.51. The zero-order valence-electron chi connectivity index (χ0n) is 16.7. The number of likely N-dealkylation sites (tertiary alicyclic amines) is 1. The van der Waals surface area contributed by atoms with Crippen molar-refractivity contribution >= 4 is 23.2 Å². The minimum atomic E-state index is -1.09. The van der Waals surface area contributed by atoms with Crippen LogP contribution in [0.2, 0.25) is 5.02 Å². The molecule has 0 aromatic heterocycles. The Bertz CT molecular complexity index is 911. The zero-order valence-corrected chi connectivity index (χ0v) is 17.4. The number of carbonyl (C=O) groups is 1. The van der Waals surface area contributed by atoms with Crippen molar-refractivity contribution in [2.45, 2.75) is 38.3 Å². The summed E-state index contributed by atoms with van der Waals surface area (Å²) in [6.07, 6.45) is 2.97. The van der Waals surface area contributed by atoms with E-state index in [9.17, 15) is 18.7 Å². The lowest BCUT2D eigenvalue weighted by Gasteiger charge is -2.36. The molecule has 1 saturated heterocycles. The van der Waals surface area contributed by atoms with Crippen molar-refractivity contribution in [2.75, 3.05) is 24.5 Å². The minimum Gasteiger partial charge on any atom is -0.374 e. The number of benzene rings is 2. The third-order valence-corrected chi connectivity index (χ3v) is 6.32. The normalized spacial score (nSPS) is 19.3. The van der Waals surface area contributed by atoms with Crippen molar-refractivity contribution in [2.24, 2.45) is 5.92 Å². The molecule has 0 radical (unpaired) electrons. The van der Waals surface area contributed by atoms with Crippen LogP contribution in [0.5, 0.6) is 0 Å². The topological polar surface area (TPSA) is 43.8 Å². The second kappa shape index (κ2) is 9.00. The maximum absolute atomic E-state index is 13.5. The summed E-state index contributed by atoms with van der Waals surface area (Å²) in [5.74, 6) is -1.46. The number of amides is 1. The highest BCUT2D eigenvalue weighted by molar-refractivity contribution is 6.30. The van der Waals surface area contributed by atoms with Gasteiger partial charge in [0, 0.05) is 47.9 Å². The summed E-state index contributed by atoms with van der Waals surface area (Å²) in [7, 11) is 0. The third-order valence-electron chi connectivity index (χ3n) is 6.08. The Hall–Kier alpha value is -2.02. The van der Waals surface area contributed by atoms with Gasteiger partial charge in [0.05, 0.1) is 0 Å². The van der Waals surface area contributed by atoms with Crippen molar-refractivity contribution < 1.29 is 18.7 Å². The number of rotatable bonds is 3. The number of aryl methyl sites for hydroxylation is 1. The van der Waals surface area contributed by atoms with Crippen molar-refractivity contribution in [3.8, 4) is 0 Å². The Morgan fingerprint density at radius 3 is 2.43 bits per heavy atom. The van der Waals surface area contributed by atoms with Crippen molar-refractivity contribution in [1.82, 2.24) is 4.90 Å². The number of halogens is 3. The SMILES string of the molecule is O=C(C1CCN(C(O)c2cc(F)cc(F)c2)CC1)N1CCCCc2cc(Cl)ccc21. The van der Waals surface area contributed by atoms with Crippen molar-refractivity contribution in [1.29, 1.82) is 0 Å². The molecule has 2 aliphatic rings. The first-order chi connectivity index (χ1) is 14.4. The van der Waals surface area contributed by atoms with Gasteiger partial charge in [0.2, 0.25) is 5.91 Å². The van der Waals surface area contributed by atoms with Gasteiger partial charge in [-0.05, 0) is 68.0 Å². The van der Waals surface area contributed by atoms with Crippen LogP contribution in [0.3, 0.4) is 0 Å². The number of hydrogen-bond donors (Lipinski definition) is 1. The van der Waals surface area contributed by atoms with E-state index < -0.39 is 17.9 Å². The van der Waals surface area contributed by atoms with Gasteiger partial charge in [-0.1, -0.05) is 11.6 Å². The molecule has 0 aliphatic carbocycles. The maximum atomic E-state index is 13.5. The van der Waals surface area contributed by atoms with Gasteiger partial charge < -0.3 is 10.0 Å². The predicted molar refractivity (Wildman–Crippen MR) is 112 cm³/mol. The Morgan fingerprint density at radius 2 is 1.73 bits per heavy atom. The predicted octanol–water partition coefficient (Wildman–Crippen LogP) is 4.69. The molecule has 1 unspecified atom stereocenters. The molecule has 2 aromatic carbocycles. The number of fused-ring (bicyclic) bond motifs is 1. The summed E-state index contributed by atoms with van der Waals surface area (Å²) in [4.78, 5) is 16.9. The Labute approximate surface area is 180 Å². The molecule has 1 fully saturated rings. The van der Waals surface area contributed by atoms with Gasteiger partial charge >= 0.3 is 0 Å². The molecular formula is C23H25ClF2N2O2. The molecule has 0 bridgehead atoms. The van der Waals surface area contributed by atoms with Crippen LogP contribution in [-0.2, 0) is 11.2 Å². The summed E-state index contributed by atoms with van der Waals surface area (Å²) in [5.41, 5.74) is 2.24. The number of hydrogen-bond acceptors (Lipinski definition) is 3. The first-order valence-electron chi connectivity index (χ1n) is 10.4. The molecule has 1 N–H and O–H groups in total. The summed E-state index contributed by atoms with van der Waals surface area (Å²) in [6, 6.07) is 8.77. The summed E-state index contributed by atoms with van der Waals surface area (Å²) >= 11 is 6.14. The standard InChI is InChI=1S/C23H25ClF2N2O2/c24-18-4-5-21-16(11-18)3-1-2-8-28(21)23(30)15-6-9-27(10-7-15)22(29)17-12-19(25)14-20(26)13-17/h4-5,11-15,22,29H,1-3,6-10H2. The van der Waals surface area contributed by atoms with Crippen LogP contribution < -0.4 is 4.90 Å². The maximum Gasteiger partial charge on any atom is 0.230 e. The van der Waals surface area contributed by atoms with E-state index in [0.717, 1.165) is 48.7 Å². The highest BCUT2D eigenvalue weighted by atomic mass is 35.5. The van der Waals surface area contributed by atoms with Crippen LogP contribution in [0, 0.1) is 17.6 Å². The molecule has 2 heterocycles. The van der Waals surface area contributed by atoms with Gasteiger partial charge in [0.15, 0.2) is 0 Å². The smallest absolute Gasteiger partial charge is 0.230 e. The van der Waals surface area contributed by atoms with E-state index >= 15 is 0 Å². The van der Waals surface area contributed by atoms with Crippen molar-refractivity contribution in [3.63, 3.8) is 0 Å². The van der Waals surface area contributed by atoms with E-state index in [1.807, 2.05) is 23.1 Å². The largest absolute Gasteiger partial charge is 0.374 e. The van der Waals surface area contributed by atoms with Crippen LogP contribution in [0.4, 0.5) is 14.5 Å². The number of piperidine rings is 1. The van der Waals surface area contributed by atoms with E-state index in [-0.39, 0.29) is 17.4 Å². The Balaban J connectivity index is 1.43. The quantitative estimate of drug-likeness (QED) is 0.762. The molecule has 1 amide bonds.